The second-order valence-corrected chi connectivity index (χ2v) is 2.58. The predicted molar refractivity (Wildman–Crippen MR) is 36.7 cm³/mol. The molecule has 0 spiro atoms. The molecule has 0 amide bonds. The van der Waals surface area contributed by atoms with E-state index in [1.807, 2.05) is 6.34 Å². The molecule has 1 unspecified atom stereocenters. The lowest BCUT2D eigenvalue weighted by molar-refractivity contribution is 0.290. The van der Waals surface area contributed by atoms with E-state index in [1.165, 1.54) is 0 Å². The number of nitrogens with one attached hydrogen (secondary N) is 1. The number of hydrogen-bond acceptors (Lipinski definition) is 3. The summed E-state index contributed by atoms with van der Waals surface area (Å²) in [4.78, 5) is 6.50. The van der Waals surface area contributed by atoms with E-state index in [-0.39, 0.29) is 0 Å². The summed E-state index contributed by atoms with van der Waals surface area (Å²) < 4.78 is 0. The highest BCUT2D eigenvalue weighted by Gasteiger charge is 2.22. The normalized spacial score (nSPS) is 32.9. The lowest BCUT2D eigenvalue weighted by Gasteiger charge is -2.29. The van der Waals surface area contributed by atoms with Gasteiger partial charge in [-0.15, -0.1) is 0 Å². The summed E-state index contributed by atoms with van der Waals surface area (Å²) in [7, 11) is 0. The summed E-state index contributed by atoms with van der Waals surface area (Å²) in [5.41, 5.74) is 0. The average Bonchev–Trinajstić information content (AvgIpc) is 2.33. The number of nitrogens with zero attached hydrogens (tertiary/aromatic N) is 2. The molecule has 3 nitrogen and oxygen atoms in total. The molecule has 1 fully saturated rings. The van der Waals surface area contributed by atoms with Gasteiger partial charge in [0.05, 0.1) is 18.9 Å². The van der Waals surface area contributed by atoms with Crippen LogP contribution in [-0.2, 0) is 0 Å². The van der Waals surface area contributed by atoms with Crippen LogP contribution in [0.2, 0.25) is 0 Å². The Morgan fingerprint density at radius 1 is 1.67 bits per heavy atom. The van der Waals surface area contributed by atoms with Gasteiger partial charge in [-0.2, -0.15) is 0 Å². The van der Waals surface area contributed by atoms with Crippen molar-refractivity contribution in [2.75, 3.05) is 26.2 Å². The fraction of sp³-hybridized carbons (Fsp3) is 0.833. The first-order valence-corrected chi connectivity index (χ1v) is 3.43. The van der Waals surface area contributed by atoms with Gasteiger partial charge in [0.1, 0.15) is 0 Å². The number of fused-ring (bicyclic) bond motifs is 1. The van der Waals surface area contributed by atoms with Gasteiger partial charge in [0.25, 0.3) is 0 Å². The zero-order valence-corrected chi connectivity index (χ0v) is 5.38. The second-order valence-electron chi connectivity index (χ2n) is 2.58. The molecule has 1 saturated heterocycles. The van der Waals surface area contributed by atoms with Gasteiger partial charge in [0.2, 0.25) is 0 Å². The number of hydrogen-bond donors (Lipinski definition) is 1. The molecule has 1 N–H and O–H groups in total. The zero-order chi connectivity index (χ0) is 6.10. The Morgan fingerprint density at radius 2 is 2.67 bits per heavy atom. The van der Waals surface area contributed by atoms with E-state index in [9.17, 15) is 0 Å². The van der Waals surface area contributed by atoms with Gasteiger partial charge in [0.15, 0.2) is 0 Å². The third-order valence-electron chi connectivity index (χ3n) is 1.94. The molecule has 0 bridgehead atoms. The molecular formula is C6H11N3. The van der Waals surface area contributed by atoms with Crippen molar-refractivity contribution >= 4 is 6.34 Å². The van der Waals surface area contributed by atoms with E-state index in [4.69, 9.17) is 0 Å². The van der Waals surface area contributed by atoms with Crippen LogP contribution in [0.1, 0.15) is 0 Å². The van der Waals surface area contributed by atoms with Crippen molar-refractivity contribution in [1.82, 2.24) is 10.2 Å². The number of piperazine rings is 1. The summed E-state index contributed by atoms with van der Waals surface area (Å²) in [5, 5.41) is 3.33. The topological polar surface area (TPSA) is 27.6 Å². The van der Waals surface area contributed by atoms with E-state index < -0.39 is 0 Å². The van der Waals surface area contributed by atoms with E-state index in [1.54, 1.807) is 0 Å². The Morgan fingerprint density at radius 3 is 3.56 bits per heavy atom. The molecule has 9 heavy (non-hydrogen) atoms. The molecule has 0 radical (unpaired) electrons. The van der Waals surface area contributed by atoms with Crippen LogP contribution in [0.4, 0.5) is 0 Å². The minimum atomic E-state index is 0.666. The molecule has 0 aromatic heterocycles. The second kappa shape index (κ2) is 1.99. The summed E-state index contributed by atoms with van der Waals surface area (Å²) in [6.07, 6.45) is 1.98. The Balaban J connectivity index is 2.03. The van der Waals surface area contributed by atoms with Crippen molar-refractivity contribution in [2.45, 2.75) is 6.04 Å². The summed E-state index contributed by atoms with van der Waals surface area (Å²) >= 11 is 0. The maximum Gasteiger partial charge on any atom is 0.0854 e. The molecule has 50 valence electrons. The SMILES string of the molecule is C1=NCC2CNCCN12. The van der Waals surface area contributed by atoms with Crippen LogP contribution >= 0.6 is 0 Å². The van der Waals surface area contributed by atoms with Crippen molar-refractivity contribution in [3.63, 3.8) is 0 Å². The molecule has 2 heterocycles. The molecule has 2 aliphatic heterocycles. The van der Waals surface area contributed by atoms with Gasteiger partial charge in [-0.05, 0) is 0 Å². The quantitative estimate of drug-likeness (QED) is 0.463. The predicted octanol–water partition coefficient (Wildman–Crippen LogP) is -0.698. The Hall–Kier alpha value is -0.570. The molecule has 1 atom stereocenters. The van der Waals surface area contributed by atoms with Crippen molar-refractivity contribution in [1.29, 1.82) is 0 Å². The zero-order valence-electron chi connectivity index (χ0n) is 5.38. The molecule has 0 aliphatic carbocycles. The number of rotatable bonds is 0. The molecule has 2 aliphatic rings. The first-order valence-electron chi connectivity index (χ1n) is 3.43. The minimum absolute atomic E-state index is 0.666. The van der Waals surface area contributed by atoms with Crippen molar-refractivity contribution in [3.05, 3.63) is 0 Å². The van der Waals surface area contributed by atoms with Crippen molar-refractivity contribution in [3.8, 4) is 0 Å². The Labute approximate surface area is 54.8 Å². The van der Waals surface area contributed by atoms with Gasteiger partial charge < -0.3 is 10.2 Å². The van der Waals surface area contributed by atoms with Crippen LogP contribution in [-0.4, -0.2) is 43.5 Å². The fourth-order valence-corrected chi connectivity index (χ4v) is 1.37. The summed E-state index contributed by atoms with van der Waals surface area (Å²) in [6.45, 7) is 4.35. The third kappa shape index (κ3) is 0.812. The standard InChI is InChI=1S/C6H11N3/c1-2-9-5-8-4-6(9)3-7-1/h5-7H,1-4H2. The van der Waals surface area contributed by atoms with Gasteiger partial charge in [-0.1, -0.05) is 0 Å². The first kappa shape index (κ1) is 5.23. The van der Waals surface area contributed by atoms with Crippen LogP contribution in [0.25, 0.3) is 0 Å². The van der Waals surface area contributed by atoms with Gasteiger partial charge in [0, 0.05) is 19.6 Å². The average molecular weight is 125 g/mol. The largest absolute Gasteiger partial charge is 0.356 e. The molecule has 2 rings (SSSR count). The van der Waals surface area contributed by atoms with E-state index in [0.29, 0.717) is 6.04 Å². The van der Waals surface area contributed by atoms with Crippen LogP contribution in [0.5, 0.6) is 0 Å². The van der Waals surface area contributed by atoms with Crippen molar-refractivity contribution in [2.24, 2.45) is 4.99 Å². The summed E-state index contributed by atoms with van der Waals surface area (Å²) in [5.74, 6) is 0. The highest BCUT2D eigenvalue weighted by atomic mass is 15.3. The highest BCUT2D eigenvalue weighted by Crippen LogP contribution is 2.05. The highest BCUT2D eigenvalue weighted by molar-refractivity contribution is 5.58. The van der Waals surface area contributed by atoms with Crippen molar-refractivity contribution < 1.29 is 0 Å². The van der Waals surface area contributed by atoms with Gasteiger partial charge >= 0.3 is 0 Å². The third-order valence-corrected chi connectivity index (χ3v) is 1.94. The maximum absolute atomic E-state index is 4.19. The molecular weight excluding hydrogens is 114 g/mol. The molecule has 0 aromatic rings. The van der Waals surface area contributed by atoms with Crippen LogP contribution < -0.4 is 5.32 Å². The summed E-state index contributed by atoms with van der Waals surface area (Å²) in [6, 6.07) is 0.666. The van der Waals surface area contributed by atoms with Crippen LogP contribution in [0, 0.1) is 0 Å². The van der Waals surface area contributed by atoms with E-state index in [2.05, 4.69) is 15.2 Å². The number of aliphatic imine (C=N–C) groups is 1. The van der Waals surface area contributed by atoms with Gasteiger partial charge in [-0.25, -0.2) is 0 Å². The lowest BCUT2D eigenvalue weighted by Crippen LogP contribution is -2.49. The monoisotopic (exact) mass is 125 g/mol. The smallest absolute Gasteiger partial charge is 0.0854 e. The Bertz CT molecular complexity index is 132. The molecule has 3 heteroatoms. The van der Waals surface area contributed by atoms with Crippen LogP contribution in [0.3, 0.4) is 0 Å². The maximum atomic E-state index is 4.19. The van der Waals surface area contributed by atoms with Crippen LogP contribution in [0.15, 0.2) is 4.99 Å². The molecule has 0 saturated carbocycles. The van der Waals surface area contributed by atoms with E-state index >= 15 is 0 Å². The van der Waals surface area contributed by atoms with E-state index in [0.717, 1.165) is 26.2 Å². The molecule has 0 aromatic carbocycles. The first-order chi connectivity index (χ1) is 4.47. The van der Waals surface area contributed by atoms with Gasteiger partial charge in [-0.3, -0.25) is 4.99 Å². The Kier molecular flexibility index (Phi) is 1.16. The fourth-order valence-electron chi connectivity index (χ4n) is 1.37. The minimum Gasteiger partial charge on any atom is -0.356 e. The lowest BCUT2D eigenvalue weighted by atomic mass is 10.2.